The van der Waals surface area contributed by atoms with Crippen molar-refractivity contribution in [3.63, 3.8) is 0 Å². The Bertz CT molecular complexity index is 1030. The van der Waals surface area contributed by atoms with E-state index in [9.17, 15) is 10.1 Å². The predicted octanol–water partition coefficient (Wildman–Crippen LogP) is 4.09. The maximum absolute atomic E-state index is 11.0. The molecule has 0 unspecified atom stereocenters. The van der Waals surface area contributed by atoms with Crippen LogP contribution < -0.4 is 19.1 Å². The first kappa shape index (κ1) is 20.6. The molecule has 0 amide bonds. The molecule has 0 atom stereocenters. The molecule has 0 N–H and O–H groups in total. The summed E-state index contributed by atoms with van der Waals surface area (Å²) in [5.41, 5.74) is 3.46. The third-order valence-electron chi connectivity index (χ3n) is 6.28. The number of hydrogen-bond donors (Lipinski definition) is 0. The van der Waals surface area contributed by atoms with Gasteiger partial charge in [0.2, 0.25) is 6.79 Å². The number of nitro groups is 1. The molecule has 168 valence electrons. The van der Waals surface area contributed by atoms with E-state index in [0.29, 0.717) is 6.61 Å². The van der Waals surface area contributed by atoms with Gasteiger partial charge in [-0.25, -0.2) is 0 Å². The Balaban J connectivity index is 1.06. The molecule has 0 aliphatic carbocycles. The number of anilines is 1. The zero-order valence-electron chi connectivity index (χ0n) is 18.0. The predicted molar refractivity (Wildman–Crippen MR) is 122 cm³/mol. The molecule has 0 radical (unpaired) electrons. The average molecular weight is 437 g/mol. The van der Waals surface area contributed by atoms with Gasteiger partial charge in [0, 0.05) is 55.6 Å². The highest BCUT2D eigenvalue weighted by Crippen LogP contribution is 2.40. The quantitative estimate of drug-likeness (QED) is 0.367. The van der Waals surface area contributed by atoms with E-state index < -0.39 is 0 Å². The molecule has 2 aromatic rings. The molecule has 0 spiro atoms. The van der Waals surface area contributed by atoms with Crippen LogP contribution in [0.1, 0.15) is 24.8 Å². The van der Waals surface area contributed by atoms with Gasteiger partial charge in [0.15, 0.2) is 11.5 Å². The van der Waals surface area contributed by atoms with Crippen LogP contribution >= 0.6 is 0 Å². The highest BCUT2D eigenvalue weighted by molar-refractivity contribution is 5.67. The van der Waals surface area contributed by atoms with Crippen LogP contribution in [-0.4, -0.2) is 55.9 Å². The molecule has 8 nitrogen and oxygen atoms in total. The van der Waals surface area contributed by atoms with Crippen molar-refractivity contribution in [3.8, 4) is 17.2 Å². The van der Waals surface area contributed by atoms with Gasteiger partial charge in [-0.15, -0.1) is 0 Å². The lowest BCUT2D eigenvalue weighted by Crippen LogP contribution is -2.46. The molecule has 5 rings (SSSR count). The van der Waals surface area contributed by atoms with Crippen LogP contribution in [0.25, 0.3) is 6.08 Å². The minimum absolute atomic E-state index is 0.152. The molecule has 1 saturated heterocycles. The van der Waals surface area contributed by atoms with Gasteiger partial charge in [-0.3, -0.25) is 15.0 Å². The maximum Gasteiger partial charge on any atom is 0.271 e. The van der Waals surface area contributed by atoms with Crippen molar-refractivity contribution in [2.45, 2.75) is 19.3 Å². The molecule has 0 saturated carbocycles. The molecule has 8 heteroatoms. The highest BCUT2D eigenvalue weighted by Gasteiger charge is 2.21. The topological polar surface area (TPSA) is 77.3 Å². The van der Waals surface area contributed by atoms with E-state index >= 15 is 0 Å². The second kappa shape index (κ2) is 9.08. The first-order valence-electron chi connectivity index (χ1n) is 11.1. The zero-order valence-corrected chi connectivity index (χ0v) is 18.0. The summed E-state index contributed by atoms with van der Waals surface area (Å²) in [6, 6.07) is 10.8. The fourth-order valence-corrected chi connectivity index (χ4v) is 4.47. The van der Waals surface area contributed by atoms with Crippen LogP contribution in [0, 0.1) is 10.1 Å². The summed E-state index contributed by atoms with van der Waals surface area (Å²) in [4.78, 5) is 15.4. The SMILES string of the molecule is O=[N+]([O-])c1cccc(N2CCN(CCCCC3=Cc4cc5c(cc4OC3)OCO5)CC2)c1. The molecule has 3 aliphatic rings. The van der Waals surface area contributed by atoms with E-state index in [1.165, 1.54) is 5.57 Å². The highest BCUT2D eigenvalue weighted by atomic mass is 16.7. The molecule has 0 aromatic heterocycles. The van der Waals surface area contributed by atoms with Crippen LogP contribution in [0.3, 0.4) is 0 Å². The van der Waals surface area contributed by atoms with E-state index in [1.54, 1.807) is 18.2 Å². The minimum atomic E-state index is -0.333. The van der Waals surface area contributed by atoms with E-state index in [4.69, 9.17) is 14.2 Å². The van der Waals surface area contributed by atoms with Crippen LogP contribution in [0.4, 0.5) is 11.4 Å². The van der Waals surface area contributed by atoms with Gasteiger partial charge in [-0.2, -0.15) is 0 Å². The summed E-state index contributed by atoms with van der Waals surface area (Å²) >= 11 is 0. The van der Waals surface area contributed by atoms with E-state index in [0.717, 1.165) is 80.5 Å². The maximum atomic E-state index is 11.0. The Hall–Kier alpha value is -3.26. The van der Waals surface area contributed by atoms with Crippen LogP contribution in [0.15, 0.2) is 42.0 Å². The summed E-state index contributed by atoms with van der Waals surface area (Å²) < 4.78 is 16.8. The fraction of sp³-hybridized carbons (Fsp3) is 0.417. The lowest BCUT2D eigenvalue weighted by Gasteiger charge is -2.36. The zero-order chi connectivity index (χ0) is 21.9. The summed E-state index contributed by atoms with van der Waals surface area (Å²) in [6.45, 7) is 5.74. The van der Waals surface area contributed by atoms with Crippen molar-refractivity contribution in [1.82, 2.24) is 4.90 Å². The number of unbranched alkanes of at least 4 members (excludes halogenated alkanes) is 1. The Morgan fingerprint density at radius 2 is 1.75 bits per heavy atom. The summed E-state index contributed by atoms with van der Waals surface area (Å²) in [5.74, 6) is 2.40. The lowest BCUT2D eigenvalue weighted by atomic mass is 10.0. The van der Waals surface area contributed by atoms with Crippen molar-refractivity contribution >= 4 is 17.5 Å². The lowest BCUT2D eigenvalue weighted by molar-refractivity contribution is -0.384. The average Bonchev–Trinajstić information content (AvgIpc) is 3.28. The van der Waals surface area contributed by atoms with Crippen molar-refractivity contribution in [2.75, 3.05) is 51.0 Å². The molecule has 3 aliphatic heterocycles. The third-order valence-corrected chi connectivity index (χ3v) is 6.28. The first-order valence-corrected chi connectivity index (χ1v) is 11.1. The third kappa shape index (κ3) is 4.50. The standard InChI is InChI=1S/C24H27N3O5/c28-27(29)21-6-3-5-20(14-21)26-10-8-25(9-11-26)7-2-1-4-18-12-19-13-23-24(32-17-31-23)15-22(19)30-16-18/h3,5-6,12-15H,1-2,4,7-11,16-17H2. The molecule has 2 aromatic carbocycles. The Kier molecular flexibility index (Phi) is 5.85. The first-order chi connectivity index (χ1) is 15.7. The summed E-state index contributed by atoms with van der Waals surface area (Å²) in [6.07, 6.45) is 5.52. The monoisotopic (exact) mass is 437 g/mol. The van der Waals surface area contributed by atoms with Crippen molar-refractivity contribution in [2.24, 2.45) is 0 Å². The molecule has 3 heterocycles. The molecule has 32 heavy (non-hydrogen) atoms. The number of hydrogen-bond acceptors (Lipinski definition) is 7. The van der Waals surface area contributed by atoms with Crippen molar-refractivity contribution < 1.29 is 19.1 Å². The summed E-state index contributed by atoms with van der Waals surface area (Å²) in [5, 5.41) is 11.0. The van der Waals surface area contributed by atoms with Gasteiger partial charge < -0.3 is 19.1 Å². The Morgan fingerprint density at radius 1 is 0.938 bits per heavy atom. The van der Waals surface area contributed by atoms with Gasteiger partial charge >= 0.3 is 0 Å². The fourth-order valence-electron chi connectivity index (χ4n) is 4.47. The number of rotatable bonds is 7. The van der Waals surface area contributed by atoms with Gasteiger partial charge in [-0.05, 0) is 49.6 Å². The van der Waals surface area contributed by atoms with Gasteiger partial charge in [0.1, 0.15) is 12.4 Å². The minimum Gasteiger partial charge on any atom is -0.488 e. The molecule has 1 fully saturated rings. The normalized spacial score (nSPS) is 17.5. The second-order valence-corrected chi connectivity index (χ2v) is 8.40. The largest absolute Gasteiger partial charge is 0.488 e. The van der Waals surface area contributed by atoms with Crippen molar-refractivity contribution in [1.29, 1.82) is 0 Å². The number of nitro benzene ring substituents is 1. The van der Waals surface area contributed by atoms with Crippen LogP contribution in [0.2, 0.25) is 0 Å². The second-order valence-electron chi connectivity index (χ2n) is 8.40. The number of fused-ring (bicyclic) bond motifs is 2. The van der Waals surface area contributed by atoms with Gasteiger partial charge in [-0.1, -0.05) is 6.07 Å². The van der Waals surface area contributed by atoms with E-state index in [-0.39, 0.29) is 17.4 Å². The Morgan fingerprint density at radius 3 is 2.56 bits per heavy atom. The Labute approximate surface area is 187 Å². The summed E-state index contributed by atoms with van der Waals surface area (Å²) in [7, 11) is 0. The number of benzene rings is 2. The van der Waals surface area contributed by atoms with Crippen LogP contribution in [0.5, 0.6) is 17.2 Å². The van der Waals surface area contributed by atoms with Gasteiger partial charge in [0.05, 0.1) is 4.92 Å². The number of piperazine rings is 1. The van der Waals surface area contributed by atoms with Gasteiger partial charge in [0.25, 0.3) is 5.69 Å². The number of ether oxygens (including phenoxy) is 3. The molecule has 0 bridgehead atoms. The number of nitrogens with zero attached hydrogens (tertiary/aromatic N) is 3. The van der Waals surface area contributed by atoms with E-state index in [1.807, 2.05) is 18.2 Å². The smallest absolute Gasteiger partial charge is 0.271 e. The van der Waals surface area contributed by atoms with E-state index in [2.05, 4.69) is 15.9 Å². The van der Waals surface area contributed by atoms with Crippen LogP contribution in [-0.2, 0) is 0 Å². The molecular weight excluding hydrogens is 410 g/mol. The molecular formula is C24H27N3O5. The number of non-ortho nitro benzene ring substituents is 1. The van der Waals surface area contributed by atoms with Crippen molar-refractivity contribution in [3.05, 3.63) is 57.6 Å².